The van der Waals surface area contributed by atoms with E-state index >= 15 is 0 Å². The minimum Gasteiger partial charge on any atom is -0.492 e. The number of nitrogens with one attached hydrogen (secondary N) is 1. The molecule has 3 nitrogen and oxygen atoms in total. The van der Waals surface area contributed by atoms with Crippen LogP contribution in [0.2, 0.25) is 0 Å². The summed E-state index contributed by atoms with van der Waals surface area (Å²) >= 11 is 1.71. The summed E-state index contributed by atoms with van der Waals surface area (Å²) in [6, 6.07) is 0. The van der Waals surface area contributed by atoms with Crippen molar-refractivity contribution in [2.45, 2.75) is 38.4 Å². The van der Waals surface area contributed by atoms with Gasteiger partial charge < -0.3 is 10.1 Å². The van der Waals surface area contributed by atoms with E-state index < -0.39 is 0 Å². The number of aromatic nitrogens is 2. The Hall–Kier alpha value is -0.640. The lowest BCUT2D eigenvalue weighted by atomic mass is 10.1. The summed E-state index contributed by atoms with van der Waals surface area (Å²) in [7, 11) is 0. The van der Waals surface area contributed by atoms with Gasteiger partial charge in [-0.2, -0.15) is 16.7 Å². The molecule has 0 aliphatic rings. The number of nitrogens with zero attached hydrogens (tertiary/aromatic N) is 1. The Morgan fingerprint density at radius 1 is 1.43 bits per heavy atom. The second kappa shape index (κ2) is 3.85. The number of aromatic amines is 1. The maximum absolute atomic E-state index is 9.61. The number of hydrogen-bond acceptors (Lipinski definition) is 3. The van der Waals surface area contributed by atoms with E-state index in [1.165, 1.54) is 0 Å². The fourth-order valence-corrected chi connectivity index (χ4v) is 1.45. The zero-order valence-corrected chi connectivity index (χ0v) is 10.2. The summed E-state index contributed by atoms with van der Waals surface area (Å²) in [5.41, 5.74) is 0.821. The maximum atomic E-state index is 9.61. The van der Waals surface area contributed by atoms with E-state index in [0.717, 1.165) is 11.5 Å². The predicted molar refractivity (Wildman–Crippen MR) is 60.9 cm³/mol. The molecular formula is C10H18N2OS. The smallest absolute Gasteiger partial charge is 0.232 e. The van der Waals surface area contributed by atoms with Gasteiger partial charge in [0.1, 0.15) is 5.82 Å². The van der Waals surface area contributed by atoms with E-state index in [2.05, 4.69) is 23.8 Å². The molecule has 4 heteroatoms. The molecule has 0 spiro atoms. The zero-order chi connectivity index (χ0) is 10.9. The van der Waals surface area contributed by atoms with Gasteiger partial charge in [-0.05, 0) is 26.0 Å². The molecule has 0 bridgehead atoms. The number of H-pyrrole nitrogens is 1. The van der Waals surface area contributed by atoms with Crippen molar-refractivity contribution in [3.63, 3.8) is 0 Å². The molecule has 1 rings (SSSR count). The number of hydrogen-bond donors (Lipinski definition) is 2. The Balaban J connectivity index is 3.08. The SMILES string of the molecule is CSC(C)(C)c1nc(O)c(C(C)C)[nH]1. The van der Waals surface area contributed by atoms with Gasteiger partial charge in [0.25, 0.3) is 0 Å². The summed E-state index contributed by atoms with van der Waals surface area (Å²) < 4.78 is -0.0787. The molecule has 1 aromatic heterocycles. The van der Waals surface area contributed by atoms with E-state index in [9.17, 15) is 5.11 Å². The van der Waals surface area contributed by atoms with Crippen LogP contribution in [0.5, 0.6) is 5.88 Å². The minimum atomic E-state index is -0.0787. The van der Waals surface area contributed by atoms with E-state index in [1.807, 2.05) is 20.1 Å². The van der Waals surface area contributed by atoms with Gasteiger partial charge in [-0.1, -0.05) is 13.8 Å². The van der Waals surface area contributed by atoms with Crippen molar-refractivity contribution >= 4 is 11.8 Å². The van der Waals surface area contributed by atoms with Crippen molar-refractivity contribution in [2.75, 3.05) is 6.26 Å². The molecule has 80 valence electrons. The minimum absolute atomic E-state index is 0.0787. The van der Waals surface area contributed by atoms with Gasteiger partial charge in [0.2, 0.25) is 5.88 Å². The first-order valence-corrected chi connectivity index (χ1v) is 5.95. The van der Waals surface area contributed by atoms with Crippen molar-refractivity contribution in [3.05, 3.63) is 11.5 Å². The molecule has 0 aromatic carbocycles. The normalized spacial score (nSPS) is 12.4. The molecular weight excluding hydrogens is 196 g/mol. The maximum Gasteiger partial charge on any atom is 0.232 e. The van der Waals surface area contributed by atoms with Crippen LogP contribution in [0.15, 0.2) is 0 Å². The number of thioether (sulfide) groups is 1. The largest absolute Gasteiger partial charge is 0.492 e. The predicted octanol–water partition coefficient (Wildman–Crippen LogP) is 2.84. The second-order valence-electron chi connectivity index (χ2n) is 4.19. The van der Waals surface area contributed by atoms with Gasteiger partial charge >= 0.3 is 0 Å². The van der Waals surface area contributed by atoms with Crippen LogP contribution in [0, 0.1) is 0 Å². The van der Waals surface area contributed by atoms with Crippen molar-refractivity contribution in [1.29, 1.82) is 0 Å². The highest BCUT2D eigenvalue weighted by Crippen LogP contribution is 2.34. The van der Waals surface area contributed by atoms with Crippen molar-refractivity contribution in [1.82, 2.24) is 9.97 Å². The highest BCUT2D eigenvalue weighted by molar-refractivity contribution is 7.99. The Bertz CT molecular complexity index is 318. The number of rotatable bonds is 3. The molecule has 0 saturated carbocycles. The lowest BCUT2D eigenvalue weighted by molar-refractivity contribution is 0.444. The molecule has 0 amide bonds. The van der Waals surface area contributed by atoms with Crippen LogP contribution in [-0.4, -0.2) is 21.3 Å². The monoisotopic (exact) mass is 214 g/mol. The third kappa shape index (κ3) is 2.05. The van der Waals surface area contributed by atoms with Crippen molar-refractivity contribution in [2.24, 2.45) is 0 Å². The highest BCUT2D eigenvalue weighted by atomic mass is 32.2. The van der Waals surface area contributed by atoms with Crippen LogP contribution in [0.4, 0.5) is 0 Å². The zero-order valence-electron chi connectivity index (χ0n) is 9.38. The molecule has 0 fully saturated rings. The summed E-state index contributed by atoms with van der Waals surface area (Å²) in [5, 5.41) is 9.61. The van der Waals surface area contributed by atoms with Gasteiger partial charge in [-0.25, -0.2) is 0 Å². The first-order valence-electron chi connectivity index (χ1n) is 4.73. The summed E-state index contributed by atoms with van der Waals surface area (Å²) in [6.45, 7) is 8.23. The standard InChI is InChI=1S/C10H18N2OS/c1-6(2)7-8(13)12-9(11-7)10(3,4)14-5/h6,13H,1-5H3,(H,11,12). The first-order chi connectivity index (χ1) is 6.38. The fraction of sp³-hybridized carbons (Fsp3) is 0.700. The molecule has 1 heterocycles. The Morgan fingerprint density at radius 3 is 2.36 bits per heavy atom. The topological polar surface area (TPSA) is 48.9 Å². The molecule has 2 N–H and O–H groups in total. The van der Waals surface area contributed by atoms with Crippen molar-refractivity contribution in [3.8, 4) is 5.88 Å². The lowest BCUT2D eigenvalue weighted by Gasteiger charge is -2.18. The fourth-order valence-electron chi connectivity index (χ4n) is 1.16. The van der Waals surface area contributed by atoms with Crippen LogP contribution in [0.25, 0.3) is 0 Å². The molecule has 0 radical (unpaired) electrons. The Kier molecular flexibility index (Phi) is 3.14. The number of aromatic hydroxyl groups is 1. The molecule has 0 aliphatic heterocycles. The first kappa shape index (κ1) is 11.4. The van der Waals surface area contributed by atoms with Crippen LogP contribution in [-0.2, 0) is 4.75 Å². The third-order valence-corrected chi connectivity index (χ3v) is 3.58. The van der Waals surface area contributed by atoms with Gasteiger partial charge in [0, 0.05) is 0 Å². The van der Waals surface area contributed by atoms with E-state index in [-0.39, 0.29) is 16.5 Å². The van der Waals surface area contributed by atoms with Crippen molar-refractivity contribution < 1.29 is 5.11 Å². The van der Waals surface area contributed by atoms with Gasteiger partial charge in [0.05, 0.1) is 10.4 Å². The second-order valence-corrected chi connectivity index (χ2v) is 5.62. The van der Waals surface area contributed by atoms with Crippen LogP contribution in [0.3, 0.4) is 0 Å². The molecule has 0 saturated heterocycles. The highest BCUT2D eigenvalue weighted by Gasteiger charge is 2.25. The van der Waals surface area contributed by atoms with Gasteiger partial charge in [-0.15, -0.1) is 0 Å². The quantitative estimate of drug-likeness (QED) is 0.813. The molecule has 14 heavy (non-hydrogen) atoms. The summed E-state index contributed by atoms with van der Waals surface area (Å²) in [6.07, 6.45) is 2.04. The molecule has 0 unspecified atom stereocenters. The average molecular weight is 214 g/mol. The molecule has 1 aromatic rings. The lowest BCUT2D eigenvalue weighted by Crippen LogP contribution is -2.13. The van der Waals surface area contributed by atoms with Crippen LogP contribution in [0.1, 0.15) is 45.1 Å². The molecule has 0 atom stereocenters. The molecule has 0 aliphatic carbocycles. The number of imidazole rings is 1. The van der Waals surface area contributed by atoms with Crippen LogP contribution >= 0.6 is 11.8 Å². The third-order valence-electron chi connectivity index (χ3n) is 2.37. The van der Waals surface area contributed by atoms with Gasteiger partial charge in [-0.3, -0.25) is 0 Å². The summed E-state index contributed by atoms with van der Waals surface area (Å²) in [4.78, 5) is 7.34. The van der Waals surface area contributed by atoms with E-state index in [1.54, 1.807) is 11.8 Å². The Morgan fingerprint density at radius 2 is 2.00 bits per heavy atom. The van der Waals surface area contributed by atoms with E-state index in [0.29, 0.717) is 0 Å². The van der Waals surface area contributed by atoms with E-state index in [4.69, 9.17) is 0 Å². The van der Waals surface area contributed by atoms with Crippen LogP contribution < -0.4 is 0 Å². The average Bonchev–Trinajstić information content (AvgIpc) is 2.48. The summed E-state index contributed by atoms with van der Waals surface area (Å²) in [5.74, 6) is 1.25. The Labute approximate surface area is 89.3 Å². The van der Waals surface area contributed by atoms with Gasteiger partial charge in [0.15, 0.2) is 0 Å².